The summed E-state index contributed by atoms with van der Waals surface area (Å²) in [5.74, 6) is -0.863. The number of carbonyl (C=O) groups is 1. The van der Waals surface area contributed by atoms with Gasteiger partial charge in [0.25, 0.3) is 0 Å². The molecule has 3 aromatic rings. The summed E-state index contributed by atoms with van der Waals surface area (Å²) >= 11 is 1.21. The number of anilines is 1. The molecule has 2 aromatic carbocycles. The summed E-state index contributed by atoms with van der Waals surface area (Å²) in [6, 6.07) is 9.24. The van der Waals surface area contributed by atoms with Gasteiger partial charge in [0.05, 0.1) is 5.75 Å². The van der Waals surface area contributed by atoms with E-state index in [9.17, 15) is 13.6 Å². The van der Waals surface area contributed by atoms with Gasteiger partial charge in [0.2, 0.25) is 5.91 Å². The van der Waals surface area contributed by atoms with Crippen LogP contribution in [0.25, 0.3) is 0 Å². The topological polar surface area (TPSA) is 69.0 Å². The number of aryl methyl sites for hydroxylation is 2. The number of aromatic nitrogens is 3. The zero-order valence-corrected chi connectivity index (χ0v) is 18.6. The number of hydrogen-bond donors (Lipinski definition) is 1. The Morgan fingerprint density at radius 2 is 1.90 bits per heavy atom. The molecule has 1 amide bonds. The van der Waals surface area contributed by atoms with E-state index in [1.54, 1.807) is 0 Å². The molecule has 0 saturated carbocycles. The Bertz CT molecular complexity index is 1090. The third kappa shape index (κ3) is 5.81. The molecular formula is C22H24F2N4O2S. The summed E-state index contributed by atoms with van der Waals surface area (Å²) < 4.78 is 34.2. The van der Waals surface area contributed by atoms with Crippen molar-refractivity contribution >= 4 is 23.4 Å². The smallest absolute Gasteiger partial charge is 0.234 e. The number of amides is 1. The number of nitrogens with zero attached hydrogens (tertiary/aromatic N) is 3. The van der Waals surface area contributed by atoms with Crippen LogP contribution in [0.4, 0.5) is 14.5 Å². The summed E-state index contributed by atoms with van der Waals surface area (Å²) in [5.41, 5.74) is 2.40. The van der Waals surface area contributed by atoms with E-state index in [0.717, 1.165) is 29.0 Å². The highest BCUT2D eigenvalue weighted by Crippen LogP contribution is 2.24. The van der Waals surface area contributed by atoms with Gasteiger partial charge in [0, 0.05) is 17.8 Å². The quantitative estimate of drug-likeness (QED) is 0.490. The Morgan fingerprint density at radius 1 is 1.13 bits per heavy atom. The van der Waals surface area contributed by atoms with E-state index in [1.165, 1.54) is 17.8 Å². The van der Waals surface area contributed by atoms with E-state index < -0.39 is 11.6 Å². The van der Waals surface area contributed by atoms with Crippen molar-refractivity contribution in [1.82, 2.24) is 14.8 Å². The lowest BCUT2D eigenvalue weighted by molar-refractivity contribution is -0.113. The molecule has 0 aliphatic rings. The van der Waals surface area contributed by atoms with Crippen LogP contribution in [0, 0.1) is 25.5 Å². The van der Waals surface area contributed by atoms with Crippen LogP contribution < -0.4 is 10.1 Å². The van der Waals surface area contributed by atoms with Crippen LogP contribution in [-0.2, 0) is 11.4 Å². The van der Waals surface area contributed by atoms with Crippen molar-refractivity contribution in [2.45, 2.75) is 45.5 Å². The van der Waals surface area contributed by atoms with Crippen LogP contribution in [0.2, 0.25) is 0 Å². The van der Waals surface area contributed by atoms with Crippen LogP contribution in [0.3, 0.4) is 0 Å². The molecule has 0 atom stereocenters. The zero-order valence-electron chi connectivity index (χ0n) is 17.8. The Morgan fingerprint density at radius 3 is 2.58 bits per heavy atom. The average Bonchev–Trinajstić information content (AvgIpc) is 3.12. The monoisotopic (exact) mass is 446 g/mol. The van der Waals surface area contributed by atoms with E-state index in [2.05, 4.69) is 21.6 Å². The third-order valence-corrected chi connectivity index (χ3v) is 5.42. The maximum Gasteiger partial charge on any atom is 0.234 e. The van der Waals surface area contributed by atoms with Crippen molar-refractivity contribution in [3.63, 3.8) is 0 Å². The lowest BCUT2D eigenvalue weighted by atomic mass is 10.1. The predicted octanol–water partition coefficient (Wildman–Crippen LogP) is 5.06. The summed E-state index contributed by atoms with van der Waals surface area (Å²) in [6.45, 7) is 8.25. The molecule has 3 rings (SSSR count). The van der Waals surface area contributed by atoms with Crippen LogP contribution in [0.15, 0.2) is 41.6 Å². The number of nitrogens with one attached hydrogen (secondary N) is 1. The van der Waals surface area contributed by atoms with E-state index in [4.69, 9.17) is 4.74 Å². The number of thioether (sulfide) groups is 1. The van der Waals surface area contributed by atoms with Crippen molar-refractivity contribution < 1.29 is 18.3 Å². The molecule has 6 nitrogen and oxygen atoms in total. The first-order valence-corrected chi connectivity index (χ1v) is 10.7. The summed E-state index contributed by atoms with van der Waals surface area (Å²) in [4.78, 5) is 12.2. The fourth-order valence-electron chi connectivity index (χ4n) is 3.03. The van der Waals surface area contributed by atoms with Crippen molar-refractivity contribution in [2.24, 2.45) is 0 Å². The second-order valence-electron chi connectivity index (χ2n) is 7.39. The van der Waals surface area contributed by atoms with Crippen LogP contribution in [0.1, 0.15) is 36.8 Å². The molecule has 1 N–H and O–H groups in total. The fraction of sp³-hybridized carbons (Fsp3) is 0.318. The van der Waals surface area contributed by atoms with E-state index in [0.29, 0.717) is 11.0 Å². The molecule has 1 heterocycles. The lowest BCUT2D eigenvalue weighted by Crippen LogP contribution is -2.16. The van der Waals surface area contributed by atoms with Crippen molar-refractivity contribution in [3.05, 3.63) is 65.0 Å². The van der Waals surface area contributed by atoms with Gasteiger partial charge in [-0.2, -0.15) is 0 Å². The van der Waals surface area contributed by atoms with Crippen LogP contribution in [-0.4, -0.2) is 26.4 Å². The Labute approximate surface area is 184 Å². The van der Waals surface area contributed by atoms with E-state index in [-0.39, 0.29) is 30.0 Å². The molecule has 0 bridgehead atoms. The first-order valence-electron chi connectivity index (χ1n) is 9.76. The highest BCUT2D eigenvalue weighted by atomic mass is 32.2. The third-order valence-electron chi connectivity index (χ3n) is 4.47. The van der Waals surface area contributed by atoms with Gasteiger partial charge in [-0.15, -0.1) is 10.2 Å². The Balaban J connectivity index is 1.64. The minimum absolute atomic E-state index is 0.0434. The first kappa shape index (κ1) is 22.7. The van der Waals surface area contributed by atoms with E-state index >= 15 is 0 Å². The van der Waals surface area contributed by atoms with Crippen molar-refractivity contribution in [1.29, 1.82) is 0 Å². The van der Waals surface area contributed by atoms with Gasteiger partial charge in [-0.3, -0.25) is 4.79 Å². The Kier molecular flexibility index (Phi) is 7.27. The molecule has 31 heavy (non-hydrogen) atoms. The predicted molar refractivity (Wildman–Crippen MR) is 116 cm³/mol. The van der Waals surface area contributed by atoms with Gasteiger partial charge < -0.3 is 14.6 Å². The van der Waals surface area contributed by atoms with Gasteiger partial charge >= 0.3 is 0 Å². The second-order valence-corrected chi connectivity index (χ2v) is 8.33. The molecule has 0 radical (unpaired) electrons. The van der Waals surface area contributed by atoms with Crippen LogP contribution >= 0.6 is 11.8 Å². The normalized spacial score (nSPS) is 11.1. The Hall–Kier alpha value is -2.94. The molecule has 0 unspecified atom stereocenters. The van der Waals surface area contributed by atoms with Gasteiger partial charge in [0.1, 0.15) is 12.4 Å². The maximum atomic E-state index is 13.3. The highest BCUT2D eigenvalue weighted by Gasteiger charge is 2.17. The summed E-state index contributed by atoms with van der Waals surface area (Å²) in [6.07, 6.45) is 0. The molecular weight excluding hydrogens is 422 g/mol. The lowest BCUT2D eigenvalue weighted by Gasteiger charge is -2.15. The van der Waals surface area contributed by atoms with E-state index in [1.807, 2.05) is 44.4 Å². The molecule has 0 spiro atoms. The molecule has 164 valence electrons. The minimum Gasteiger partial charge on any atom is -0.485 e. The molecule has 1 aromatic heterocycles. The average molecular weight is 447 g/mol. The number of rotatable bonds is 8. The van der Waals surface area contributed by atoms with Gasteiger partial charge in [-0.1, -0.05) is 29.5 Å². The highest BCUT2D eigenvalue weighted by molar-refractivity contribution is 7.99. The first-order chi connectivity index (χ1) is 14.7. The SMILES string of the molecule is Cc1ccc(OCc2nnc(SCC(=O)Nc3ccc(F)c(F)c3)n2C(C)C)c(C)c1. The summed E-state index contributed by atoms with van der Waals surface area (Å²) in [5, 5.41) is 11.5. The van der Waals surface area contributed by atoms with Gasteiger partial charge in [-0.25, -0.2) is 8.78 Å². The fourth-order valence-corrected chi connectivity index (χ4v) is 3.91. The number of halogens is 2. The number of ether oxygens (including phenoxy) is 1. The maximum absolute atomic E-state index is 13.3. The summed E-state index contributed by atoms with van der Waals surface area (Å²) in [7, 11) is 0. The van der Waals surface area contributed by atoms with Crippen LogP contribution in [0.5, 0.6) is 5.75 Å². The molecule has 0 fully saturated rings. The molecule has 0 saturated heterocycles. The molecule has 9 heteroatoms. The van der Waals surface area contributed by atoms with Crippen molar-refractivity contribution in [3.8, 4) is 5.75 Å². The second kappa shape index (κ2) is 9.91. The largest absolute Gasteiger partial charge is 0.485 e. The van der Waals surface area contributed by atoms with Gasteiger partial charge in [0.15, 0.2) is 22.6 Å². The zero-order chi connectivity index (χ0) is 22.5. The molecule has 0 aliphatic carbocycles. The number of benzene rings is 2. The number of hydrogen-bond acceptors (Lipinski definition) is 5. The standard InChI is InChI=1S/C22H24F2N4O2S/c1-13(2)28-20(11-30-19-8-5-14(3)9-15(19)4)26-27-22(28)31-12-21(29)25-16-6-7-17(23)18(24)10-16/h5-10,13H,11-12H2,1-4H3,(H,25,29). The number of carbonyl (C=O) groups excluding carboxylic acids is 1. The minimum atomic E-state index is -1.02. The van der Waals surface area contributed by atoms with Crippen molar-refractivity contribution in [2.75, 3.05) is 11.1 Å². The van der Waals surface area contributed by atoms with Gasteiger partial charge in [-0.05, 0) is 51.5 Å². The molecule has 0 aliphatic heterocycles.